The van der Waals surface area contributed by atoms with Gasteiger partial charge in [-0.2, -0.15) is 25.3 Å². The monoisotopic (exact) mass is 553 g/mol. The minimum absolute atomic E-state index is 0.121. The molecule has 0 saturated carbocycles. The summed E-state index contributed by atoms with van der Waals surface area (Å²) in [6.45, 7) is 0. The molecule has 0 radical (unpaired) electrons. The highest BCUT2D eigenvalue weighted by Crippen LogP contribution is 2.44. The van der Waals surface area contributed by atoms with Crippen molar-refractivity contribution in [2.24, 2.45) is 10.2 Å². The van der Waals surface area contributed by atoms with Gasteiger partial charge in [0.15, 0.2) is 5.75 Å². The summed E-state index contributed by atoms with van der Waals surface area (Å²) in [4.78, 5) is -2.40. The van der Waals surface area contributed by atoms with Gasteiger partial charge in [-0.1, -0.05) is 24.3 Å². The van der Waals surface area contributed by atoms with Gasteiger partial charge in [-0.15, -0.1) is 10.2 Å². The van der Waals surface area contributed by atoms with E-state index in [1.807, 2.05) is 0 Å². The smallest absolute Gasteiger partial charge is 0.296 e. The Labute approximate surface area is 203 Å². The molecule has 13 nitrogen and oxygen atoms in total. The van der Waals surface area contributed by atoms with Crippen LogP contribution in [-0.4, -0.2) is 44.0 Å². The molecule has 0 saturated heterocycles. The minimum Gasteiger partial charge on any atom is -0.505 e. The standard InChI is InChI=1S/C20H15N3O10S3/c21-19-17(36(31,32)33)9-16(35(28,29)30)12-6-7-15(20(24)18(12)19)23-22-14-3-1-2-10-4-5-11(8-13(10)14)34(25,26)27/h1-9,24H,21H2,(H,25,26,27)(H,28,29,30)(H,31,32,33)/b23-22+. The maximum absolute atomic E-state index is 11.8. The topological polar surface area (TPSA) is 234 Å². The van der Waals surface area contributed by atoms with E-state index in [0.717, 1.165) is 18.2 Å². The van der Waals surface area contributed by atoms with E-state index in [0.29, 0.717) is 11.5 Å². The van der Waals surface area contributed by atoms with E-state index >= 15 is 0 Å². The Kier molecular flexibility index (Phi) is 5.98. The number of azo groups is 1. The van der Waals surface area contributed by atoms with Gasteiger partial charge in [-0.3, -0.25) is 13.7 Å². The first-order chi connectivity index (χ1) is 16.6. The second-order valence-electron chi connectivity index (χ2n) is 7.43. The number of fused-ring (bicyclic) bond motifs is 2. The first-order valence-corrected chi connectivity index (χ1v) is 13.9. The van der Waals surface area contributed by atoms with Crippen molar-refractivity contribution < 1.29 is 44.0 Å². The summed E-state index contributed by atoms with van der Waals surface area (Å²) < 4.78 is 98.4. The fraction of sp³-hybridized carbons (Fsp3) is 0. The van der Waals surface area contributed by atoms with Crippen LogP contribution < -0.4 is 5.73 Å². The third kappa shape index (κ3) is 4.60. The SMILES string of the molecule is Nc1c(S(=O)(=O)O)cc(S(=O)(=O)O)c2ccc(/N=N/c3cccc4ccc(S(=O)(=O)O)cc34)c(O)c12. The normalized spacial score (nSPS) is 13.1. The molecule has 0 aliphatic heterocycles. The van der Waals surface area contributed by atoms with Crippen LogP contribution in [0.2, 0.25) is 0 Å². The molecule has 0 aliphatic carbocycles. The number of hydrogen-bond acceptors (Lipinski definition) is 10. The van der Waals surface area contributed by atoms with Crippen LogP contribution in [0.15, 0.2) is 79.5 Å². The third-order valence-corrected chi connectivity index (χ3v) is 7.81. The Balaban J connectivity index is 1.96. The lowest BCUT2D eigenvalue weighted by Crippen LogP contribution is -2.08. The average molecular weight is 554 g/mol. The maximum Gasteiger partial charge on any atom is 0.296 e. The first kappa shape index (κ1) is 25.4. The summed E-state index contributed by atoms with van der Waals surface area (Å²) in [5.74, 6) is -0.817. The number of hydrogen-bond donors (Lipinski definition) is 5. The summed E-state index contributed by atoms with van der Waals surface area (Å²) in [6.07, 6.45) is 0. The highest BCUT2D eigenvalue weighted by Gasteiger charge is 2.26. The van der Waals surface area contributed by atoms with Gasteiger partial charge in [0.2, 0.25) is 0 Å². The molecule has 6 N–H and O–H groups in total. The molecule has 0 fully saturated rings. The molecule has 0 aromatic heterocycles. The van der Waals surface area contributed by atoms with Gasteiger partial charge in [0, 0.05) is 10.8 Å². The summed E-state index contributed by atoms with van der Waals surface area (Å²) in [6, 6.07) is 11.1. The Morgan fingerprint density at radius 3 is 1.92 bits per heavy atom. The van der Waals surface area contributed by atoms with E-state index in [-0.39, 0.29) is 22.1 Å². The molecular weight excluding hydrogens is 538 g/mol. The van der Waals surface area contributed by atoms with E-state index in [9.17, 15) is 44.0 Å². The van der Waals surface area contributed by atoms with Gasteiger partial charge in [0.25, 0.3) is 30.4 Å². The lowest BCUT2D eigenvalue weighted by Gasteiger charge is -2.13. The first-order valence-electron chi connectivity index (χ1n) is 9.54. The zero-order chi connectivity index (χ0) is 26.6. The second kappa shape index (κ2) is 8.47. The van der Waals surface area contributed by atoms with Crippen LogP contribution in [0.4, 0.5) is 17.1 Å². The molecular formula is C20H15N3O10S3. The van der Waals surface area contributed by atoms with Crippen molar-refractivity contribution in [3.05, 3.63) is 54.6 Å². The van der Waals surface area contributed by atoms with E-state index in [1.165, 1.54) is 18.2 Å². The fourth-order valence-electron chi connectivity index (χ4n) is 3.55. The molecule has 4 aromatic carbocycles. The van der Waals surface area contributed by atoms with E-state index in [1.54, 1.807) is 12.1 Å². The van der Waals surface area contributed by atoms with Crippen molar-refractivity contribution >= 4 is 69.0 Å². The van der Waals surface area contributed by atoms with Crippen LogP contribution in [0.5, 0.6) is 5.75 Å². The van der Waals surface area contributed by atoms with E-state index in [4.69, 9.17) is 5.73 Å². The highest BCUT2D eigenvalue weighted by atomic mass is 32.2. The quantitative estimate of drug-likeness (QED) is 0.136. The van der Waals surface area contributed by atoms with Crippen LogP contribution in [0.1, 0.15) is 0 Å². The number of anilines is 1. The number of nitrogen functional groups attached to an aromatic ring is 1. The molecule has 16 heteroatoms. The Hall–Kier alpha value is -3.67. The molecule has 0 bridgehead atoms. The highest BCUT2D eigenvalue weighted by molar-refractivity contribution is 7.87. The number of benzene rings is 4. The van der Waals surface area contributed by atoms with Crippen molar-refractivity contribution in [3.8, 4) is 5.75 Å². The maximum atomic E-state index is 11.8. The Morgan fingerprint density at radius 2 is 1.31 bits per heavy atom. The van der Waals surface area contributed by atoms with Gasteiger partial charge in [-0.05, 0) is 35.7 Å². The van der Waals surface area contributed by atoms with Crippen LogP contribution in [0.3, 0.4) is 0 Å². The zero-order valence-electron chi connectivity index (χ0n) is 17.6. The van der Waals surface area contributed by atoms with Gasteiger partial charge >= 0.3 is 0 Å². The largest absolute Gasteiger partial charge is 0.505 e. The molecule has 4 rings (SSSR count). The number of phenolic OH excluding ortho intramolecular Hbond substituents is 1. The van der Waals surface area contributed by atoms with Crippen molar-refractivity contribution in [2.45, 2.75) is 14.7 Å². The van der Waals surface area contributed by atoms with Gasteiger partial charge in [0.05, 0.1) is 21.7 Å². The number of phenols is 1. The lowest BCUT2D eigenvalue weighted by molar-refractivity contribution is 0.478. The molecule has 188 valence electrons. The molecule has 0 amide bonds. The number of rotatable bonds is 5. The van der Waals surface area contributed by atoms with Crippen LogP contribution in [-0.2, 0) is 30.4 Å². The third-order valence-electron chi connectivity index (χ3n) is 5.17. The zero-order valence-corrected chi connectivity index (χ0v) is 20.1. The number of nitrogens with two attached hydrogens (primary N) is 1. The lowest BCUT2D eigenvalue weighted by atomic mass is 10.1. The van der Waals surface area contributed by atoms with E-state index < -0.39 is 61.9 Å². The second-order valence-corrected chi connectivity index (χ2v) is 11.6. The van der Waals surface area contributed by atoms with Crippen molar-refractivity contribution in [1.29, 1.82) is 0 Å². The Bertz CT molecular complexity index is 1940. The summed E-state index contributed by atoms with van der Waals surface area (Å²) in [7, 11) is -14.6. The molecule has 0 atom stereocenters. The van der Waals surface area contributed by atoms with Gasteiger partial charge < -0.3 is 10.8 Å². The predicted octanol–water partition coefficient (Wildman–Crippen LogP) is 3.44. The number of aromatic hydroxyl groups is 1. The van der Waals surface area contributed by atoms with Gasteiger partial charge in [0.1, 0.15) is 15.5 Å². The predicted molar refractivity (Wildman–Crippen MR) is 128 cm³/mol. The molecule has 0 spiro atoms. The molecule has 36 heavy (non-hydrogen) atoms. The number of nitrogens with zero attached hydrogens (tertiary/aromatic N) is 2. The molecule has 0 unspecified atom stereocenters. The van der Waals surface area contributed by atoms with Crippen molar-refractivity contribution in [1.82, 2.24) is 0 Å². The average Bonchev–Trinajstić information content (AvgIpc) is 2.76. The summed E-state index contributed by atoms with van der Waals surface area (Å²) >= 11 is 0. The summed E-state index contributed by atoms with van der Waals surface area (Å²) in [5.41, 5.74) is 4.89. The van der Waals surface area contributed by atoms with Crippen LogP contribution in [0, 0.1) is 0 Å². The Morgan fingerprint density at radius 1 is 0.667 bits per heavy atom. The minimum atomic E-state index is -5.07. The van der Waals surface area contributed by atoms with Crippen LogP contribution >= 0.6 is 0 Å². The van der Waals surface area contributed by atoms with Crippen LogP contribution in [0.25, 0.3) is 21.5 Å². The summed E-state index contributed by atoms with van der Waals surface area (Å²) in [5, 5.41) is 18.5. The fourth-order valence-corrected chi connectivity index (χ4v) is 5.50. The molecule has 0 heterocycles. The van der Waals surface area contributed by atoms with Gasteiger partial charge in [-0.25, -0.2) is 0 Å². The van der Waals surface area contributed by atoms with Crippen molar-refractivity contribution in [2.75, 3.05) is 5.73 Å². The van der Waals surface area contributed by atoms with Crippen molar-refractivity contribution in [3.63, 3.8) is 0 Å². The van der Waals surface area contributed by atoms with E-state index in [2.05, 4.69) is 10.2 Å². The molecule has 4 aromatic rings. The molecule has 0 aliphatic rings.